The van der Waals surface area contributed by atoms with Crippen LogP contribution < -0.4 is 9.47 Å². The zero-order chi connectivity index (χ0) is 17.8. The Hall–Kier alpha value is -2.54. The third-order valence-corrected chi connectivity index (χ3v) is 4.35. The highest BCUT2D eigenvalue weighted by Crippen LogP contribution is 2.28. The van der Waals surface area contributed by atoms with Crippen molar-refractivity contribution in [2.45, 2.75) is 13.5 Å². The third-order valence-electron chi connectivity index (χ3n) is 4.35. The van der Waals surface area contributed by atoms with Crippen LogP contribution in [0.4, 0.5) is 0 Å². The van der Waals surface area contributed by atoms with E-state index in [1.165, 1.54) is 0 Å². The normalized spacial score (nSPS) is 15.2. The van der Waals surface area contributed by atoms with Gasteiger partial charge in [-0.25, -0.2) is 0 Å². The van der Waals surface area contributed by atoms with Crippen molar-refractivity contribution in [2.75, 3.05) is 40.4 Å². The molecule has 0 atom stereocenters. The van der Waals surface area contributed by atoms with Crippen molar-refractivity contribution in [3.05, 3.63) is 41.3 Å². The monoisotopic (exact) mass is 345 g/mol. The van der Waals surface area contributed by atoms with Crippen molar-refractivity contribution >= 4 is 5.91 Å². The zero-order valence-corrected chi connectivity index (χ0v) is 14.8. The Morgan fingerprint density at radius 2 is 1.84 bits per heavy atom. The molecule has 1 saturated heterocycles. The molecular weight excluding hydrogens is 322 g/mol. The van der Waals surface area contributed by atoms with Gasteiger partial charge in [-0.3, -0.25) is 9.69 Å². The molecule has 1 aliphatic rings. The molecule has 0 bridgehead atoms. The molecule has 1 amide bonds. The summed E-state index contributed by atoms with van der Waals surface area (Å²) in [5.74, 6) is 1.68. The Balaban J connectivity index is 1.57. The number of rotatable bonds is 5. The fourth-order valence-electron chi connectivity index (χ4n) is 2.97. The number of hydrogen-bond donors (Lipinski definition) is 0. The first-order valence-electron chi connectivity index (χ1n) is 8.26. The number of hydrogen-bond acceptors (Lipinski definition) is 6. The number of benzene rings is 1. The molecule has 2 aromatic rings. The van der Waals surface area contributed by atoms with Gasteiger partial charge in [0.25, 0.3) is 5.91 Å². The summed E-state index contributed by atoms with van der Waals surface area (Å²) in [5.41, 5.74) is 1.87. The summed E-state index contributed by atoms with van der Waals surface area (Å²) >= 11 is 0. The van der Waals surface area contributed by atoms with Crippen molar-refractivity contribution in [3.63, 3.8) is 0 Å². The van der Waals surface area contributed by atoms with Gasteiger partial charge in [-0.05, 0) is 24.6 Å². The first-order chi connectivity index (χ1) is 12.1. The van der Waals surface area contributed by atoms with Gasteiger partial charge in [0.05, 0.1) is 19.9 Å². The number of ether oxygens (including phenoxy) is 2. The molecule has 134 valence electrons. The number of nitrogens with zero attached hydrogens (tertiary/aromatic N) is 3. The van der Waals surface area contributed by atoms with Crippen LogP contribution in [0.2, 0.25) is 0 Å². The molecule has 1 aromatic heterocycles. The van der Waals surface area contributed by atoms with Gasteiger partial charge in [-0.1, -0.05) is 11.2 Å². The van der Waals surface area contributed by atoms with Gasteiger partial charge in [0.1, 0.15) is 0 Å². The summed E-state index contributed by atoms with van der Waals surface area (Å²) in [4.78, 5) is 16.5. The molecule has 0 aliphatic carbocycles. The average molecular weight is 345 g/mol. The van der Waals surface area contributed by atoms with Crippen molar-refractivity contribution in [3.8, 4) is 11.5 Å². The van der Waals surface area contributed by atoms with Gasteiger partial charge in [-0.15, -0.1) is 0 Å². The molecule has 1 aliphatic heterocycles. The predicted octanol–water partition coefficient (Wildman–Crippen LogP) is 1.96. The van der Waals surface area contributed by atoms with E-state index in [9.17, 15) is 4.79 Å². The van der Waals surface area contributed by atoms with Gasteiger partial charge in [0, 0.05) is 38.8 Å². The summed E-state index contributed by atoms with van der Waals surface area (Å²) in [6.07, 6.45) is 0. The number of carbonyl (C=O) groups excluding carboxylic acids is 1. The van der Waals surface area contributed by atoms with Crippen molar-refractivity contribution < 1.29 is 18.8 Å². The minimum Gasteiger partial charge on any atom is -0.493 e. The van der Waals surface area contributed by atoms with Crippen LogP contribution in [0.5, 0.6) is 11.5 Å². The second-order valence-corrected chi connectivity index (χ2v) is 6.09. The lowest BCUT2D eigenvalue weighted by molar-refractivity contribution is 0.0588. The van der Waals surface area contributed by atoms with Gasteiger partial charge < -0.3 is 18.9 Å². The lowest BCUT2D eigenvalue weighted by Crippen LogP contribution is -2.48. The Bertz CT molecular complexity index is 736. The van der Waals surface area contributed by atoms with Crippen LogP contribution in [-0.2, 0) is 6.54 Å². The zero-order valence-electron chi connectivity index (χ0n) is 14.8. The lowest BCUT2D eigenvalue weighted by Gasteiger charge is -2.34. The van der Waals surface area contributed by atoms with E-state index in [0.717, 1.165) is 42.4 Å². The number of piperazine rings is 1. The molecule has 0 N–H and O–H groups in total. The van der Waals surface area contributed by atoms with Gasteiger partial charge >= 0.3 is 0 Å². The molecule has 0 spiro atoms. The van der Waals surface area contributed by atoms with E-state index in [-0.39, 0.29) is 5.91 Å². The van der Waals surface area contributed by atoms with Crippen LogP contribution in [0.3, 0.4) is 0 Å². The summed E-state index contributed by atoms with van der Waals surface area (Å²) in [6.45, 7) is 5.59. The van der Waals surface area contributed by atoms with Crippen LogP contribution in [0.25, 0.3) is 0 Å². The quantitative estimate of drug-likeness (QED) is 0.825. The van der Waals surface area contributed by atoms with E-state index < -0.39 is 0 Å². The Kier molecular flexibility index (Phi) is 5.23. The topological polar surface area (TPSA) is 68.0 Å². The van der Waals surface area contributed by atoms with Gasteiger partial charge in [0.15, 0.2) is 11.5 Å². The number of amides is 1. The van der Waals surface area contributed by atoms with E-state index in [1.54, 1.807) is 27.2 Å². The molecule has 7 heteroatoms. The molecule has 25 heavy (non-hydrogen) atoms. The maximum Gasteiger partial charge on any atom is 0.292 e. The molecule has 3 rings (SSSR count). The van der Waals surface area contributed by atoms with Crippen molar-refractivity contribution in [2.24, 2.45) is 0 Å². The van der Waals surface area contributed by atoms with Gasteiger partial charge in [-0.2, -0.15) is 0 Å². The standard InChI is InChI=1S/C18H23N3O4/c1-13-10-17(25-19-13)18(22)21-8-6-20(7-9-21)12-14-4-5-15(23-2)16(11-14)24-3/h4-5,10-11H,6-9,12H2,1-3H3. The first kappa shape index (κ1) is 17.3. The molecular formula is C18H23N3O4. The van der Waals surface area contributed by atoms with Crippen LogP contribution in [0, 0.1) is 6.92 Å². The number of carbonyl (C=O) groups is 1. The molecule has 1 fully saturated rings. The fraction of sp³-hybridized carbons (Fsp3) is 0.444. The third kappa shape index (κ3) is 3.93. The highest BCUT2D eigenvalue weighted by Gasteiger charge is 2.24. The summed E-state index contributed by atoms with van der Waals surface area (Å²) < 4.78 is 15.7. The largest absolute Gasteiger partial charge is 0.493 e. The summed E-state index contributed by atoms with van der Waals surface area (Å²) in [6, 6.07) is 7.63. The van der Waals surface area contributed by atoms with E-state index in [0.29, 0.717) is 18.8 Å². The Labute approximate surface area is 147 Å². The SMILES string of the molecule is COc1ccc(CN2CCN(C(=O)c3cc(C)no3)CC2)cc1OC. The number of methoxy groups -OCH3 is 2. The molecule has 0 saturated carbocycles. The first-order valence-corrected chi connectivity index (χ1v) is 8.26. The molecule has 1 aromatic carbocycles. The number of aromatic nitrogens is 1. The highest BCUT2D eigenvalue weighted by molar-refractivity contribution is 5.91. The Morgan fingerprint density at radius 3 is 2.44 bits per heavy atom. The fourth-order valence-corrected chi connectivity index (χ4v) is 2.97. The van der Waals surface area contributed by atoms with Crippen LogP contribution in [0.1, 0.15) is 21.8 Å². The highest BCUT2D eigenvalue weighted by atomic mass is 16.5. The number of aryl methyl sites for hydroxylation is 1. The second-order valence-electron chi connectivity index (χ2n) is 6.09. The molecule has 0 unspecified atom stereocenters. The minimum absolute atomic E-state index is 0.0913. The van der Waals surface area contributed by atoms with E-state index in [4.69, 9.17) is 14.0 Å². The molecule has 7 nitrogen and oxygen atoms in total. The van der Waals surface area contributed by atoms with Crippen molar-refractivity contribution in [1.29, 1.82) is 0 Å². The molecule has 0 radical (unpaired) electrons. The van der Waals surface area contributed by atoms with E-state index in [2.05, 4.69) is 10.1 Å². The average Bonchev–Trinajstić information content (AvgIpc) is 3.08. The second kappa shape index (κ2) is 7.57. The van der Waals surface area contributed by atoms with Crippen LogP contribution in [0.15, 0.2) is 28.8 Å². The smallest absolute Gasteiger partial charge is 0.292 e. The van der Waals surface area contributed by atoms with E-state index in [1.807, 2.05) is 23.1 Å². The summed E-state index contributed by atoms with van der Waals surface area (Å²) in [5, 5.41) is 3.78. The van der Waals surface area contributed by atoms with Crippen LogP contribution in [-0.4, -0.2) is 61.3 Å². The van der Waals surface area contributed by atoms with Crippen LogP contribution >= 0.6 is 0 Å². The Morgan fingerprint density at radius 1 is 1.12 bits per heavy atom. The summed E-state index contributed by atoms with van der Waals surface area (Å²) in [7, 11) is 3.26. The van der Waals surface area contributed by atoms with Gasteiger partial charge in [0.2, 0.25) is 5.76 Å². The van der Waals surface area contributed by atoms with Crippen molar-refractivity contribution in [1.82, 2.24) is 15.0 Å². The minimum atomic E-state index is -0.0913. The maximum absolute atomic E-state index is 12.4. The predicted molar refractivity (Wildman–Crippen MR) is 92.0 cm³/mol. The maximum atomic E-state index is 12.4. The lowest BCUT2D eigenvalue weighted by atomic mass is 10.1. The van der Waals surface area contributed by atoms with E-state index >= 15 is 0 Å². The molecule has 2 heterocycles.